The highest BCUT2D eigenvalue weighted by molar-refractivity contribution is 6.05. The number of aryl methyl sites for hydroxylation is 1. The molecule has 1 aromatic heterocycles. The monoisotopic (exact) mass is 397 g/mol. The van der Waals surface area contributed by atoms with E-state index in [0.29, 0.717) is 28.2 Å². The predicted octanol–water partition coefficient (Wildman–Crippen LogP) is 6.14. The third-order valence-electron chi connectivity index (χ3n) is 5.15. The number of para-hydroxylation sites is 1. The van der Waals surface area contributed by atoms with Crippen molar-refractivity contribution >= 4 is 22.6 Å². The molecular formula is C26H23NO3. The Morgan fingerprint density at radius 2 is 1.67 bits per heavy atom. The first-order chi connectivity index (χ1) is 14.4. The van der Waals surface area contributed by atoms with Crippen LogP contribution in [-0.4, -0.2) is 5.91 Å². The molecule has 0 atom stereocenters. The van der Waals surface area contributed by atoms with Crippen molar-refractivity contribution in [3.8, 4) is 11.3 Å². The Labute approximate surface area is 175 Å². The van der Waals surface area contributed by atoms with E-state index in [1.54, 1.807) is 24.3 Å². The first-order valence-electron chi connectivity index (χ1n) is 9.97. The fourth-order valence-corrected chi connectivity index (χ4v) is 3.51. The Kier molecular flexibility index (Phi) is 5.23. The fourth-order valence-electron chi connectivity index (χ4n) is 3.51. The largest absolute Gasteiger partial charge is 0.456 e. The van der Waals surface area contributed by atoms with Crippen molar-refractivity contribution in [2.75, 3.05) is 5.32 Å². The van der Waals surface area contributed by atoms with Gasteiger partial charge < -0.3 is 9.73 Å². The molecule has 0 bridgehead atoms. The minimum Gasteiger partial charge on any atom is -0.456 e. The maximum Gasteiger partial charge on any atom is 0.255 e. The number of carbonyl (C=O) groups excluding carboxylic acids is 1. The molecule has 0 spiro atoms. The van der Waals surface area contributed by atoms with Crippen LogP contribution in [0.5, 0.6) is 0 Å². The second-order valence-corrected chi connectivity index (χ2v) is 7.75. The van der Waals surface area contributed by atoms with E-state index in [1.807, 2.05) is 49.4 Å². The van der Waals surface area contributed by atoms with Crippen LogP contribution < -0.4 is 10.7 Å². The number of fused-ring (bicyclic) bond motifs is 1. The minimum atomic E-state index is -0.176. The zero-order chi connectivity index (χ0) is 21.3. The molecule has 1 amide bonds. The smallest absolute Gasteiger partial charge is 0.255 e. The molecule has 0 unspecified atom stereocenters. The predicted molar refractivity (Wildman–Crippen MR) is 121 cm³/mol. The molecule has 1 N–H and O–H groups in total. The van der Waals surface area contributed by atoms with Crippen molar-refractivity contribution < 1.29 is 9.21 Å². The van der Waals surface area contributed by atoms with E-state index in [4.69, 9.17) is 4.42 Å². The first kappa shape index (κ1) is 19.6. The van der Waals surface area contributed by atoms with Crippen LogP contribution >= 0.6 is 0 Å². The van der Waals surface area contributed by atoms with Gasteiger partial charge in [-0.1, -0.05) is 55.8 Å². The van der Waals surface area contributed by atoms with Crippen LogP contribution in [0.1, 0.15) is 41.3 Å². The number of benzene rings is 3. The quantitative estimate of drug-likeness (QED) is 0.450. The zero-order valence-electron chi connectivity index (χ0n) is 17.2. The van der Waals surface area contributed by atoms with Crippen LogP contribution in [-0.2, 0) is 0 Å². The summed E-state index contributed by atoms with van der Waals surface area (Å²) in [6.07, 6.45) is 0. The third-order valence-corrected chi connectivity index (χ3v) is 5.15. The van der Waals surface area contributed by atoms with Gasteiger partial charge in [0.05, 0.1) is 5.39 Å². The van der Waals surface area contributed by atoms with E-state index in [1.165, 1.54) is 6.07 Å². The number of anilines is 1. The Balaban J connectivity index is 1.60. The van der Waals surface area contributed by atoms with E-state index in [0.717, 1.165) is 22.4 Å². The lowest BCUT2D eigenvalue weighted by Gasteiger charge is -2.13. The Hall–Kier alpha value is -3.66. The van der Waals surface area contributed by atoms with Crippen molar-refractivity contribution in [2.24, 2.45) is 0 Å². The van der Waals surface area contributed by atoms with Gasteiger partial charge in [-0.05, 0) is 48.7 Å². The van der Waals surface area contributed by atoms with E-state index in [9.17, 15) is 9.59 Å². The molecule has 0 radical (unpaired) electrons. The summed E-state index contributed by atoms with van der Waals surface area (Å²) in [4.78, 5) is 25.2. The number of rotatable bonds is 4. The van der Waals surface area contributed by atoms with Crippen LogP contribution in [0.3, 0.4) is 0 Å². The summed E-state index contributed by atoms with van der Waals surface area (Å²) in [6, 6.07) is 21.9. The molecule has 0 aliphatic carbocycles. The van der Waals surface area contributed by atoms with E-state index >= 15 is 0 Å². The summed E-state index contributed by atoms with van der Waals surface area (Å²) in [5.41, 5.74) is 4.67. The van der Waals surface area contributed by atoms with Gasteiger partial charge in [0.25, 0.3) is 5.91 Å². The summed E-state index contributed by atoms with van der Waals surface area (Å²) in [6.45, 7) is 6.13. The molecule has 3 aromatic carbocycles. The van der Waals surface area contributed by atoms with Gasteiger partial charge in [-0.25, -0.2) is 0 Å². The topological polar surface area (TPSA) is 59.3 Å². The summed E-state index contributed by atoms with van der Waals surface area (Å²) in [5, 5.41) is 3.56. The number of hydrogen-bond acceptors (Lipinski definition) is 3. The van der Waals surface area contributed by atoms with Crippen molar-refractivity contribution in [2.45, 2.75) is 26.7 Å². The summed E-state index contributed by atoms with van der Waals surface area (Å²) < 4.78 is 5.92. The number of carbonyl (C=O) groups is 1. The average molecular weight is 397 g/mol. The number of hydrogen-bond donors (Lipinski definition) is 1. The van der Waals surface area contributed by atoms with E-state index in [2.05, 4.69) is 19.2 Å². The first-order valence-corrected chi connectivity index (χ1v) is 9.97. The molecule has 4 nitrogen and oxygen atoms in total. The lowest BCUT2D eigenvalue weighted by Crippen LogP contribution is -2.13. The minimum absolute atomic E-state index is 0.0814. The Morgan fingerprint density at radius 1 is 0.933 bits per heavy atom. The normalized spacial score (nSPS) is 11.1. The molecule has 0 aliphatic heterocycles. The highest BCUT2D eigenvalue weighted by atomic mass is 16.3. The van der Waals surface area contributed by atoms with Gasteiger partial charge in [-0.15, -0.1) is 0 Å². The number of nitrogens with one attached hydrogen (secondary N) is 1. The molecule has 4 heteroatoms. The van der Waals surface area contributed by atoms with Gasteiger partial charge in [0.1, 0.15) is 11.3 Å². The number of amides is 1. The molecule has 0 saturated carbocycles. The standard InChI is InChI=1S/C26H23NO3/c1-16(2)20-6-4-5-7-22(20)27-26(29)19-11-9-18(10-12-19)25-15-23(28)21-14-17(3)8-13-24(21)30-25/h4-16H,1-3H3,(H,27,29). The van der Waals surface area contributed by atoms with Crippen molar-refractivity contribution in [1.82, 2.24) is 0 Å². The molecule has 0 fully saturated rings. The Bertz CT molecular complexity index is 1280. The third kappa shape index (κ3) is 3.90. The van der Waals surface area contributed by atoms with Crippen LogP contribution in [0.2, 0.25) is 0 Å². The van der Waals surface area contributed by atoms with Crippen LogP contribution in [0.4, 0.5) is 5.69 Å². The van der Waals surface area contributed by atoms with E-state index in [-0.39, 0.29) is 11.3 Å². The highest BCUT2D eigenvalue weighted by Gasteiger charge is 2.12. The molecular weight excluding hydrogens is 374 g/mol. The van der Waals surface area contributed by atoms with Gasteiger partial charge in [-0.3, -0.25) is 9.59 Å². The lowest BCUT2D eigenvalue weighted by atomic mass is 10.0. The van der Waals surface area contributed by atoms with Gasteiger partial charge in [0, 0.05) is 22.9 Å². The zero-order valence-corrected chi connectivity index (χ0v) is 17.2. The van der Waals surface area contributed by atoms with Crippen LogP contribution in [0, 0.1) is 6.92 Å². The summed E-state index contributed by atoms with van der Waals surface area (Å²) in [5.74, 6) is 0.613. The lowest BCUT2D eigenvalue weighted by molar-refractivity contribution is 0.102. The molecule has 4 aromatic rings. The van der Waals surface area contributed by atoms with Crippen LogP contribution in [0.15, 0.2) is 82.0 Å². The molecule has 4 rings (SSSR count). The van der Waals surface area contributed by atoms with Gasteiger partial charge in [-0.2, -0.15) is 0 Å². The molecule has 30 heavy (non-hydrogen) atoms. The molecule has 1 heterocycles. The molecule has 0 saturated heterocycles. The molecule has 150 valence electrons. The van der Waals surface area contributed by atoms with Crippen molar-refractivity contribution in [1.29, 1.82) is 0 Å². The SMILES string of the molecule is Cc1ccc2oc(-c3ccc(C(=O)Nc4ccccc4C(C)C)cc3)cc(=O)c2c1. The molecule has 0 aliphatic rings. The maximum absolute atomic E-state index is 12.7. The Morgan fingerprint density at radius 3 is 2.40 bits per heavy atom. The van der Waals surface area contributed by atoms with Crippen LogP contribution in [0.25, 0.3) is 22.3 Å². The van der Waals surface area contributed by atoms with Gasteiger partial charge in [0.15, 0.2) is 5.43 Å². The average Bonchev–Trinajstić information content (AvgIpc) is 2.74. The van der Waals surface area contributed by atoms with E-state index < -0.39 is 0 Å². The second-order valence-electron chi connectivity index (χ2n) is 7.75. The highest BCUT2D eigenvalue weighted by Crippen LogP contribution is 2.26. The van der Waals surface area contributed by atoms with Gasteiger partial charge >= 0.3 is 0 Å². The van der Waals surface area contributed by atoms with Crippen molar-refractivity contribution in [3.63, 3.8) is 0 Å². The second kappa shape index (κ2) is 7.99. The summed E-state index contributed by atoms with van der Waals surface area (Å²) in [7, 11) is 0. The maximum atomic E-state index is 12.7. The van der Waals surface area contributed by atoms with Crippen molar-refractivity contribution in [3.05, 3.63) is 99.7 Å². The van der Waals surface area contributed by atoms with Gasteiger partial charge in [0.2, 0.25) is 0 Å². The summed E-state index contributed by atoms with van der Waals surface area (Å²) >= 11 is 0. The fraction of sp³-hybridized carbons (Fsp3) is 0.154.